The summed E-state index contributed by atoms with van der Waals surface area (Å²) >= 11 is 2.61. The Kier molecular flexibility index (Phi) is 7.59. The lowest BCUT2D eigenvalue weighted by atomic mass is 9.96. The number of aryl methyl sites for hydroxylation is 1. The molecule has 1 fully saturated rings. The Bertz CT molecular complexity index is 1260. The van der Waals surface area contributed by atoms with Crippen molar-refractivity contribution in [1.29, 1.82) is 0 Å². The molecule has 12 nitrogen and oxygen atoms in total. The summed E-state index contributed by atoms with van der Waals surface area (Å²) in [6.45, 7) is 5.11. The van der Waals surface area contributed by atoms with Crippen molar-refractivity contribution in [3.63, 3.8) is 0 Å². The number of carbonyl (C=O) groups excluding carboxylic acids is 3. The largest absolute Gasteiger partial charge is 0.477 e. The van der Waals surface area contributed by atoms with Crippen molar-refractivity contribution in [3.8, 4) is 0 Å². The third-order valence-corrected chi connectivity index (χ3v) is 7.98. The van der Waals surface area contributed by atoms with Crippen LogP contribution in [0.25, 0.3) is 0 Å². The Hall–Kier alpha value is -3.39. The Labute approximate surface area is 221 Å². The number of β-lactam (4-membered cyclic amide) rings is 1. The van der Waals surface area contributed by atoms with Gasteiger partial charge in [0.25, 0.3) is 5.91 Å². The molecule has 0 bridgehead atoms. The number of carboxylic acid groups (broad SMARTS) is 1. The second-order valence-corrected chi connectivity index (χ2v) is 11.5. The molecule has 2 N–H and O–H groups in total. The maximum atomic E-state index is 13.3. The zero-order chi connectivity index (χ0) is 26.9. The topological polar surface area (TPSA) is 157 Å². The number of benzene rings is 1. The third kappa shape index (κ3) is 5.64. The first-order valence-electron chi connectivity index (χ1n) is 11.3. The lowest BCUT2D eigenvalue weighted by Crippen LogP contribution is -2.71. The molecule has 0 saturated carbocycles. The quantitative estimate of drug-likeness (QED) is 0.212. The molecule has 1 aromatic carbocycles. The fraction of sp³-hybridized carbons (Fsp3) is 0.435. The zero-order valence-electron chi connectivity index (χ0n) is 20.6. The summed E-state index contributed by atoms with van der Waals surface area (Å²) in [5.41, 5.74) is 0.0610. The molecular formula is C23H26N6O6S2. The molecule has 196 valence electrons. The second kappa shape index (κ2) is 10.5. The van der Waals surface area contributed by atoms with Crippen molar-refractivity contribution in [2.24, 2.45) is 7.05 Å². The number of esters is 1. The number of carbonyl (C=O) groups is 4. The third-order valence-electron chi connectivity index (χ3n) is 5.54. The first-order valence-corrected chi connectivity index (χ1v) is 13.3. The number of nitrogens with zero attached hydrogens (tertiary/aromatic N) is 5. The molecule has 0 spiro atoms. The van der Waals surface area contributed by atoms with E-state index in [1.807, 2.05) is 0 Å². The van der Waals surface area contributed by atoms with Crippen LogP contribution in [0.3, 0.4) is 0 Å². The van der Waals surface area contributed by atoms with Crippen LogP contribution in [0.5, 0.6) is 0 Å². The lowest BCUT2D eigenvalue weighted by Gasteiger charge is -2.49. The van der Waals surface area contributed by atoms with Crippen molar-refractivity contribution in [3.05, 3.63) is 47.2 Å². The van der Waals surface area contributed by atoms with Gasteiger partial charge < -0.3 is 15.2 Å². The number of nitrogens with one attached hydrogen (secondary N) is 1. The van der Waals surface area contributed by atoms with Crippen LogP contribution in [0.2, 0.25) is 0 Å². The molecule has 3 heterocycles. The summed E-state index contributed by atoms with van der Waals surface area (Å²) in [7, 11) is 1.67. The van der Waals surface area contributed by atoms with E-state index in [1.54, 1.807) is 58.2 Å². The standard InChI is InChI=1S/C23H26N6O6S2/c1-23(2,3)35-21(34)14(12-8-6-5-7-9-12)17(30)24-15-18(31)29-16(20(32)33)13(10-36-19(15)29)11-37-22-25-26-27-28(22)4/h5-9,14-15,19H,10-11H2,1-4H3,(H,24,30)(H,32,33)/t14?,15?,19-/m1/s1. The van der Waals surface area contributed by atoms with E-state index >= 15 is 0 Å². The molecule has 2 aromatic rings. The number of tetrazole rings is 1. The zero-order valence-corrected chi connectivity index (χ0v) is 22.2. The Balaban J connectivity index is 1.51. The average molecular weight is 547 g/mol. The van der Waals surface area contributed by atoms with Gasteiger partial charge in [0.15, 0.2) is 5.92 Å². The van der Waals surface area contributed by atoms with Gasteiger partial charge in [-0.2, -0.15) is 0 Å². The van der Waals surface area contributed by atoms with Crippen LogP contribution in [0.4, 0.5) is 0 Å². The van der Waals surface area contributed by atoms with E-state index in [-0.39, 0.29) is 11.4 Å². The van der Waals surface area contributed by atoms with Gasteiger partial charge in [-0.1, -0.05) is 42.1 Å². The highest BCUT2D eigenvalue weighted by Gasteiger charge is 2.54. The van der Waals surface area contributed by atoms with Crippen molar-refractivity contribution < 1.29 is 29.0 Å². The van der Waals surface area contributed by atoms with Crippen LogP contribution in [0, 0.1) is 0 Å². The Morgan fingerprint density at radius 3 is 2.57 bits per heavy atom. The van der Waals surface area contributed by atoms with Crippen LogP contribution >= 0.6 is 23.5 Å². The molecule has 2 amide bonds. The maximum Gasteiger partial charge on any atom is 0.352 e. The molecule has 37 heavy (non-hydrogen) atoms. The van der Waals surface area contributed by atoms with Gasteiger partial charge >= 0.3 is 11.9 Å². The number of thioether (sulfide) groups is 2. The van der Waals surface area contributed by atoms with Crippen LogP contribution in [0.15, 0.2) is 46.8 Å². The van der Waals surface area contributed by atoms with Gasteiger partial charge in [0.05, 0.1) is 0 Å². The predicted octanol–water partition coefficient (Wildman–Crippen LogP) is 1.17. The highest BCUT2D eigenvalue weighted by Crippen LogP contribution is 2.41. The second-order valence-electron chi connectivity index (χ2n) is 9.40. The Morgan fingerprint density at radius 1 is 1.27 bits per heavy atom. The summed E-state index contributed by atoms with van der Waals surface area (Å²) in [5.74, 6) is -3.86. The smallest absolute Gasteiger partial charge is 0.352 e. The van der Waals surface area contributed by atoms with Crippen LogP contribution in [-0.4, -0.2) is 82.5 Å². The van der Waals surface area contributed by atoms with Gasteiger partial charge in [0.1, 0.15) is 22.7 Å². The first kappa shape index (κ1) is 26.7. The number of fused-ring (bicyclic) bond motifs is 1. The predicted molar refractivity (Wildman–Crippen MR) is 134 cm³/mol. The Morgan fingerprint density at radius 2 is 1.97 bits per heavy atom. The fourth-order valence-electron chi connectivity index (χ4n) is 3.93. The van der Waals surface area contributed by atoms with Crippen molar-refractivity contribution in [1.82, 2.24) is 30.4 Å². The molecule has 1 saturated heterocycles. The number of hydrogen-bond acceptors (Lipinski definition) is 10. The average Bonchev–Trinajstić information content (AvgIpc) is 3.24. The molecule has 2 unspecified atom stereocenters. The molecule has 0 aliphatic carbocycles. The van der Waals surface area contributed by atoms with Gasteiger partial charge in [-0.3, -0.25) is 19.3 Å². The van der Waals surface area contributed by atoms with Crippen LogP contribution in [-0.2, 0) is 31.0 Å². The summed E-state index contributed by atoms with van der Waals surface area (Å²) in [6.07, 6.45) is 0. The fourth-order valence-corrected chi connectivity index (χ4v) is 6.26. The minimum absolute atomic E-state index is 0.103. The number of ether oxygens (including phenoxy) is 1. The van der Waals surface area contributed by atoms with Gasteiger partial charge in [-0.15, -0.1) is 16.9 Å². The van der Waals surface area contributed by atoms with E-state index < -0.39 is 46.7 Å². The molecule has 1 aromatic heterocycles. The number of rotatable bonds is 8. The number of aliphatic carboxylic acids is 1. The first-order chi connectivity index (χ1) is 17.5. The molecular weight excluding hydrogens is 520 g/mol. The highest BCUT2D eigenvalue weighted by atomic mass is 32.2. The molecule has 14 heteroatoms. The molecule has 2 aliphatic rings. The molecule has 3 atom stereocenters. The van der Waals surface area contributed by atoms with Crippen molar-refractivity contribution in [2.75, 3.05) is 11.5 Å². The molecule has 2 aliphatic heterocycles. The van der Waals surface area contributed by atoms with Gasteiger partial charge in [-0.25, -0.2) is 9.48 Å². The highest BCUT2D eigenvalue weighted by molar-refractivity contribution is 8.01. The van der Waals surface area contributed by atoms with E-state index in [0.29, 0.717) is 22.0 Å². The van der Waals surface area contributed by atoms with E-state index in [9.17, 15) is 24.3 Å². The van der Waals surface area contributed by atoms with E-state index in [1.165, 1.54) is 33.1 Å². The van der Waals surface area contributed by atoms with Crippen molar-refractivity contribution in [2.45, 2.75) is 48.9 Å². The summed E-state index contributed by atoms with van der Waals surface area (Å²) < 4.78 is 6.94. The monoisotopic (exact) mass is 546 g/mol. The lowest BCUT2D eigenvalue weighted by molar-refractivity contribution is -0.160. The number of amides is 2. The number of carboxylic acids is 1. The summed E-state index contributed by atoms with van der Waals surface area (Å²) in [4.78, 5) is 52.6. The minimum atomic E-state index is -1.28. The van der Waals surface area contributed by atoms with Crippen LogP contribution in [0.1, 0.15) is 32.3 Å². The van der Waals surface area contributed by atoms with E-state index in [4.69, 9.17) is 4.74 Å². The van der Waals surface area contributed by atoms with E-state index in [0.717, 1.165) is 0 Å². The van der Waals surface area contributed by atoms with Crippen molar-refractivity contribution >= 4 is 47.3 Å². The SMILES string of the molecule is Cn1nnnc1SCC1=C(C(=O)O)N2C(=O)C(NC(=O)C(C(=O)OC(C)(C)C)c3ccccc3)[C@H]2SC1. The van der Waals surface area contributed by atoms with Gasteiger partial charge in [-0.05, 0) is 42.3 Å². The molecule has 4 rings (SSSR count). The van der Waals surface area contributed by atoms with Crippen LogP contribution < -0.4 is 5.32 Å². The molecule has 0 radical (unpaired) electrons. The number of hydrogen-bond donors (Lipinski definition) is 2. The minimum Gasteiger partial charge on any atom is -0.477 e. The van der Waals surface area contributed by atoms with Gasteiger partial charge in [0, 0.05) is 18.6 Å². The van der Waals surface area contributed by atoms with E-state index in [2.05, 4.69) is 20.8 Å². The van der Waals surface area contributed by atoms with Gasteiger partial charge in [0.2, 0.25) is 11.1 Å². The normalized spacial score (nSPS) is 20.1. The maximum absolute atomic E-state index is 13.3. The number of aromatic nitrogens is 4. The summed E-state index contributed by atoms with van der Waals surface area (Å²) in [6, 6.07) is 7.47. The summed E-state index contributed by atoms with van der Waals surface area (Å²) in [5, 5.41) is 23.6.